The van der Waals surface area contributed by atoms with Crippen LogP contribution in [0, 0.1) is 0 Å². The standard InChI is InChI=1S/C14H14BrClN2/c15-11-4-5-14(18-9-11)8-13(17)7-10-2-1-3-12(16)6-10/h1-6,9,13H,7-8,17H2. The van der Waals surface area contributed by atoms with Gasteiger partial charge >= 0.3 is 0 Å². The Kier molecular flexibility index (Phi) is 4.75. The Labute approximate surface area is 120 Å². The van der Waals surface area contributed by atoms with Crippen LogP contribution in [-0.4, -0.2) is 11.0 Å². The highest BCUT2D eigenvalue weighted by molar-refractivity contribution is 9.10. The summed E-state index contributed by atoms with van der Waals surface area (Å²) in [5.74, 6) is 0. The maximum Gasteiger partial charge on any atom is 0.0420 e. The van der Waals surface area contributed by atoms with E-state index < -0.39 is 0 Å². The van der Waals surface area contributed by atoms with Crippen LogP contribution in [0.4, 0.5) is 0 Å². The first kappa shape index (κ1) is 13.5. The summed E-state index contributed by atoms with van der Waals surface area (Å²) in [4.78, 5) is 4.32. The van der Waals surface area contributed by atoms with E-state index in [9.17, 15) is 0 Å². The molecular weight excluding hydrogens is 312 g/mol. The van der Waals surface area contributed by atoms with Crippen LogP contribution in [0.2, 0.25) is 5.02 Å². The summed E-state index contributed by atoms with van der Waals surface area (Å²) in [7, 11) is 0. The van der Waals surface area contributed by atoms with E-state index in [1.807, 2.05) is 36.4 Å². The zero-order chi connectivity index (χ0) is 13.0. The Balaban J connectivity index is 1.96. The second kappa shape index (κ2) is 6.32. The molecule has 2 nitrogen and oxygen atoms in total. The van der Waals surface area contributed by atoms with Gasteiger partial charge in [-0.3, -0.25) is 4.98 Å². The van der Waals surface area contributed by atoms with Crippen LogP contribution in [0.3, 0.4) is 0 Å². The van der Waals surface area contributed by atoms with E-state index in [4.69, 9.17) is 17.3 Å². The van der Waals surface area contributed by atoms with Crippen molar-refractivity contribution in [1.29, 1.82) is 0 Å². The van der Waals surface area contributed by atoms with E-state index in [1.165, 1.54) is 0 Å². The SMILES string of the molecule is NC(Cc1cccc(Cl)c1)Cc1ccc(Br)cn1. The Morgan fingerprint density at radius 1 is 1.22 bits per heavy atom. The zero-order valence-corrected chi connectivity index (χ0v) is 12.2. The van der Waals surface area contributed by atoms with Crippen molar-refractivity contribution < 1.29 is 0 Å². The minimum absolute atomic E-state index is 0.0529. The number of halogens is 2. The van der Waals surface area contributed by atoms with Crippen molar-refractivity contribution in [1.82, 2.24) is 4.98 Å². The van der Waals surface area contributed by atoms with Crippen molar-refractivity contribution in [3.8, 4) is 0 Å². The van der Waals surface area contributed by atoms with Gasteiger partial charge in [0.05, 0.1) is 0 Å². The molecule has 0 saturated carbocycles. The second-order valence-electron chi connectivity index (χ2n) is 4.27. The third kappa shape index (κ3) is 4.09. The molecule has 0 saturated heterocycles. The Morgan fingerprint density at radius 2 is 2.06 bits per heavy atom. The third-order valence-corrected chi connectivity index (χ3v) is 3.35. The van der Waals surface area contributed by atoms with E-state index in [-0.39, 0.29) is 6.04 Å². The zero-order valence-electron chi connectivity index (χ0n) is 9.81. The van der Waals surface area contributed by atoms with E-state index in [2.05, 4.69) is 20.9 Å². The van der Waals surface area contributed by atoms with Crippen molar-refractivity contribution in [3.05, 3.63) is 63.3 Å². The highest BCUT2D eigenvalue weighted by Gasteiger charge is 2.07. The highest BCUT2D eigenvalue weighted by atomic mass is 79.9. The molecule has 0 aliphatic carbocycles. The number of rotatable bonds is 4. The van der Waals surface area contributed by atoms with Crippen LogP contribution in [0.5, 0.6) is 0 Å². The molecule has 94 valence electrons. The molecule has 18 heavy (non-hydrogen) atoms. The Morgan fingerprint density at radius 3 is 2.72 bits per heavy atom. The van der Waals surface area contributed by atoms with Gasteiger partial charge in [-0.1, -0.05) is 23.7 Å². The van der Waals surface area contributed by atoms with Gasteiger partial charge in [0, 0.05) is 33.8 Å². The third-order valence-electron chi connectivity index (χ3n) is 2.65. The van der Waals surface area contributed by atoms with Gasteiger partial charge in [-0.15, -0.1) is 0 Å². The lowest BCUT2D eigenvalue weighted by molar-refractivity contribution is 0.654. The molecule has 0 radical (unpaired) electrons. The predicted molar refractivity (Wildman–Crippen MR) is 78.8 cm³/mol. The molecule has 4 heteroatoms. The Hall–Kier alpha value is -0.900. The monoisotopic (exact) mass is 324 g/mol. The van der Waals surface area contributed by atoms with Gasteiger partial charge in [-0.05, 0) is 52.2 Å². The number of aromatic nitrogens is 1. The Bertz CT molecular complexity index is 513. The number of nitrogens with two attached hydrogens (primary N) is 1. The molecule has 0 bridgehead atoms. The smallest absolute Gasteiger partial charge is 0.0420 e. The maximum atomic E-state index is 6.13. The fourth-order valence-electron chi connectivity index (χ4n) is 1.83. The van der Waals surface area contributed by atoms with Gasteiger partial charge < -0.3 is 5.73 Å². The molecule has 2 rings (SSSR count). The number of benzene rings is 1. The molecule has 1 unspecified atom stereocenters. The number of pyridine rings is 1. The van der Waals surface area contributed by atoms with Crippen LogP contribution in [-0.2, 0) is 12.8 Å². The molecule has 0 amide bonds. The second-order valence-corrected chi connectivity index (χ2v) is 5.62. The topological polar surface area (TPSA) is 38.9 Å². The van der Waals surface area contributed by atoms with Crippen LogP contribution in [0.25, 0.3) is 0 Å². The maximum absolute atomic E-state index is 6.13. The lowest BCUT2D eigenvalue weighted by Gasteiger charge is -2.11. The molecule has 0 aliphatic rings. The molecule has 1 atom stereocenters. The van der Waals surface area contributed by atoms with Crippen molar-refractivity contribution >= 4 is 27.5 Å². The molecule has 0 spiro atoms. The minimum Gasteiger partial charge on any atom is -0.327 e. The highest BCUT2D eigenvalue weighted by Crippen LogP contribution is 2.13. The summed E-state index contributed by atoms with van der Waals surface area (Å²) in [5.41, 5.74) is 8.30. The molecule has 2 aromatic rings. The van der Waals surface area contributed by atoms with Crippen LogP contribution in [0.15, 0.2) is 47.1 Å². The van der Waals surface area contributed by atoms with Gasteiger partial charge in [0.2, 0.25) is 0 Å². The van der Waals surface area contributed by atoms with Gasteiger partial charge in [0.15, 0.2) is 0 Å². The fourth-order valence-corrected chi connectivity index (χ4v) is 2.28. The first-order valence-electron chi connectivity index (χ1n) is 5.74. The quantitative estimate of drug-likeness (QED) is 0.932. The summed E-state index contributed by atoms with van der Waals surface area (Å²) < 4.78 is 0.981. The van der Waals surface area contributed by atoms with Gasteiger partial charge in [0.1, 0.15) is 0 Å². The van der Waals surface area contributed by atoms with E-state index in [0.717, 1.165) is 33.6 Å². The first-order valence-corrected chi connectivity index (χ1v) is 6.91. The summed E-state index contributed by atoms with van der Waals surface area (Å²) in [6.07, 6.45) is 3.36. The van der Waals surface area contributed by atoms with Gasteiger partial charge in [-0.25, -0.2) is 0 Å². The summed E-state index contributed by atoms with van der Waals surface area (Å²) in [6, 6.07) is 11.8. The van der Waals surface area contributed by atoms with E-state index in [0.29, 0.717) is 0 Å². The molecule has 2 N–H and O–H groups in total. The van der Waals surface area contributed by atoms with E-state index >= 15 is 0 Å². The van der Waals surface area contributed by atoms with Crippen LogP contribution in [0.1, 0.15) is 11.3 Å². The van der Waals surface area contributed by atoms with Crippen molar-refractivity contribution in [3.63, 3.8) is 0 Å². The number of nitrogens with zero attached hydrogens (tertiary/aromatic N) is 1. The molecule has 0 aliphatic heterocycles. The molecule has 1 heterocycles. The lowest BCUT2D eigenvalue weighted by Crippen LogP contribution is -2.25. The van der Waals surface area contributed by atoms with Crippen LogP contribution >= 0.6 is 27.5 Å². The van der Waals surface area contributed by atoms with Gasteiger partial charge in [-0.2, -0.15) is 0 Å². The predicted octanol–water partition coefficient (Wildman–Crippen LogP) is 3.61. The minimum atomic E-state index is 0.0529. The van der Waals surface area contributed by atoms with Crippen LogP contribution < -0.4 is 5.73 Å². The van der Waals surface area contributed by atoms with Crippen molar-refractivity contribution in [2.75, 3.05) is 0 Å². The summed E-state index contributed by atoms with van der Waals surface area (Å²) in [5, 5.41) is 0.751. The molecular formula is C14H14BrClN2. The molecule has 1 aromatic heterocycles. The summed E-state index contributed by atoms with van der Waals surface area (Å²) in [6.45, 7) is 0. The van der Waals surface area contributed by atoms with E-state index in [1.54, 1.807) is 6.20 Å². The number of hydrogen-bond acceptors (Lipinski definition) is 2. The number of hydrogen-bond donors (Lipinski definition) is 1. The molecule has 1 aromatic carbocycles. The average Bonchev–Trinajstić information content (AvgIpc) is 2.32. The summed E-state index contributed by atoms with van der Waals surface area (Å²) >= 11 is 9.31. The first-order chi connectivity index (χ1) is 8.63. The normalized spacial score (nSPS) is 12.4. The largest absolute Gasteiger partial charge is 0.327 e. The van der Waals surface area contributed by atoms with Crippen molar-refractivity contribution in [2.24, 2.45) is 5.73 Å². The van der Waals surface area contributed by atoms with Crippen molar-refractivity contribution in [2.45, 2.75) is 18.9 Å². The van der Waals surface area contributed by atoms with Gasteiger partial charge in [0.25, 0.3) is 0 Å². The molecule has 0 fully saturated rings. The fraction of sp³-hybridized carbons (Fsp3) is 0.214. The lowest BCUT2D eigenvalue weighted by atomic mass is 10.0. The average molecular weight is 326 g/mol.